The summed E-state index contributed by atoms with van der Waals surface area (Å²) in [6, 6.07) is 3.52. The molecule has 20 heavy (non-hydrogen) atoms. The van der Waals surface area contributed by atoms with Gasteiger partial charge in [0.1, 0.15) is 12.7 Å². The summed E-state index contributed by atoms with van der Waals surface area (Å²) >= 11 is 6.03. The number of hydrogen-bond donors (Lipinski definition) is 1. The fraction of sp³-hybridized carbons (Fsp3) is 0.571. The predicted octanol–water partition coefficient (Wildman–Crippen LogP) is 1.52. The molecule has 6 heteroatoms. The third kappa shape index (κ3) is 3.76. The van der Waals surface area contributed by atoms with Crippen LogP contribution in [0.3, 0.4) is 0 Å². The summed E-state index contributed by atoms with van der Waals surface area (Å²) in [6.45, 7) is 3.35. The van der Waals surface area contributed by atoms with E-state index in [0.29, 0.717) is 29.7 Å². The monoisotopic (exact) mass is 300 g/mol. The molecule has 1 aromatic carbocycles. The summed E-state index contributed by atoms with van der Waals surface area (Å²) in [6.07, 6.45) is 0.0553. The summed E-state index contributed by atoms with van der Waals surface area (Å²) in [5.41, 5.74) is 6.57. The highest BCUT2D eigenvalue weighted by Crippen LogP contribution is 2.34. The third-order valence-corrected chi connectivity index (χ3v) is 3.51. The summed E-state index contributed by atoms with van der Waals surface area (Å²) in [5, 5.41) is 0.586. The first-order valence-electron chi connectivity index (χ1n) is 6.63. The minimum absolute atomic E-state index is 0.0553. The van der Waals surface area contributed by atoms with E-state index in [1.165, 1.54) is 0 Å². The van der Waals surface area contributed by atoms with Crippen molar-refractivity contribution < 1.29 is 14.2 Å². The molecule has 0 spiro atoms. The largest absolute Gasteiger partial charge is 0.493 e. The fourth-order valence-electron chi connectivity index (χ4n) is 2.23. The maximum Gasteiger partial charge on any atom is 0.165 e. The number of rotatable bonds is 5. The number of ether oxygens (including phenoxy) is 3. The van der Waals surface area contributed by atoms with E-state index in [2.05, 4.69) is 11.9 Å². The van der Waals surface area contributed by atoms with Crippen LogP contribution in [0.25, 0.3) is 0 Å². The van der Waals surface area contributed by atoms with Gasteiger partial charge in [-0.25, -0.2) is 0 Å². The van der Waals surface area contributed by atoms with Gasteiger partial charge < -0.3 is 24.8 Å². The molecule has 1 aromatic rings. The molecule has 0 radical (unpaired) electrons. The lowest BCUT2D eigenvalue weighted by Gasteiger charge is -2.30. The topological polar surface area (TPSA) is 57.0 Å². The van der Waals surface area contributed by atoms with Crippen LogP contribution in [0.4, 0.5) is 0 Å². The molecule has 112 valence electrons. The zero-order valence-electron chi connectivity index (χ0n) is 11.9. The van der Waals surface area contributed by atoms with E-state index in [1.54, 1.807) is 19.2 Å². The summed E-state index contributed by atoms with van der Waals surface area (Å²) in [5.74, 6) is 1.25. The molecule has 0 bridgehead atoms. The fourth-order valence-corrected chi connectivity index (χ4v) is 2.46. The zero-order chi connectivity index (χ0) is 14.5. The van der Waals surface area contributed by atoms with E-state index in [9.17, 15) is 0 Å². The van der Waals surface area contributed by atoms with Crippen molar-refractivity contribution in [3.05, 3.63) is 22.7 Å². The Labute approximate surface area is 124 Å². The third-order valence-electron chi connectivity index (χ3n) is 3.29. The van der Waals surface area contributed by atoms with Crippen molar-refractivity contribution in [3.63, 3.8) is 0 Å². The van der Waals surface area contributed by atoms with Crippen molar-refractivity contribution in [1.82, 2.24) is 4.90 Å². The SMILES string of the molecule is COc1cc(Cl)cc(CN)c1OCC1CN(C)CCO1. The van der Waals surface area contributed by atoms with E-state index in [4.69, 9.17) is 31.5 Å². The van der Waals surface area contributed by atoms with Crippen LogP contribution < -0.4 is 15.2 Å². The molecule has 0 aromatic heterocycles. The number of nitrogens with zero attached hydrogens (tertiary/aromatic N) is 1. The summed E-state index contributed by atoms with van der Waals surface area (Å²) in [4.78, 5) is 2.22. The molecular formula is C14H21ClN2O3. The highest BCUT2D eigenvalue weighted by atomic mass is 35.5. The lowest BCUT2D eigenvalue weighted by molar-refractivity contribution is -0.0407. The van der Waals surface area contributed by atoms with Crippen molar-refractivity contribution in [2.45, 2.75) is 12.6 Å². The molecule has 5 nitrogen and oxygen atoms in total. The van der Waals surface area contributed by atoms with E-state index < -0.39 is 0 Å². The lowest BCUT2D eigenvalue weighted by atomic mass is 10.2. The normalized spacial score (nSPS) is 19.9. The Bertz CT molecular complexity index is 431. The molecule has 0 aliphatic carbocycles. The first kappa shape index (κ1) is 15.4. The van der Waals surface area contributed by atoms with E-state index in [-0.39, 0.29) is 6.10 Å². The molecule has 1 saturated heterocycles. The number of nitrogens with two attached hydrogens (primary N) is 1. The van der Waals surface area contributed by atoms with Gasteiger partial charge in [0.15, 0.2) is 11.5 Å². The molecule has 2 N–H and O–H groups in total. The van der Waals surface area contributed by atoms with E-state index in [1.807, 2.05) is 0 Å². The molecule has 1 heterocycles. The minimum Gasteiger partial charge on any atom is -0.493 e. The van der Waals surface area contributed by atoms with Crippen molar-refractivity contribution in [2.75, 3.05) is 40.5 Å². The first-order chi connectivity index (χ1) is 9.63. The molecular weight excluding hydrogens is 280 g/mol. The van der Waals surface area contributed by atoms with Gasteiger partial charge >= 0.3 is 0 Å². The summed E-state index contributed by atoms with van der Waals surface area (Å²) in [7, 11) is 3.66. The Morgan fingerprint density at radius 3 is 2.95 bits per heavy atom. The smallest absolute Gasteiger partial charge is 0.165 e. The van der Waals surface area contributed by atoms with E-state index >= 15 is 0 Å². The van der Waals surface area contributed by atoms with Crippen molar-refractivity contribution in [1.29, 1.82) is 0 Å². The van der Waals surface area contributed by atoms with Crippen LogP contribution in [-0.4, -0.2) is 51.5 Å². The van der Waals surface area contributed by atoms with Crippen molar-refractivity contribution >= 4 is 11.6 Å². The predicted molar refractivity (Wildman–Crippen MR) is 78.6 cm³/mol. The number of hydrogen-bond acceptors (Lipinski definition) is 5. The van der Waals surface area contributed by atoms with Crippen molar-refractivity contribution in [2.24, 2.45) is 5.73 Å². The van der Waals surface area contributed by atoms with Crippen LogP contribution in [0, 0.1) is 0 Å². The number of likely N-dealkylation sites (N-methyl/N-ethyl adjacent to an activating group) is 1. The second kappa shape index (κ2) is 7.13. The minimum atomic E-state index is 0.0553. The Kier molecular flexibility index (Phi) is 5.48. The van der Waals surface area contributed by atoms with Crippen molar-refractivity contribution in [3.8, 4) is 11.5 Å². The van der Waals surface area contributed by atoms with E-state index in [0.717, 1.165) is 25.3 Å². The number of morpholine rings is 1. The standard InChI is InChI=1S/C14H21ClN2O3/c1-17-3-4-19-12(8-17)9-20-14-10(7-16)5-11(15)6-13(14)18-2/h5-6,12H,3-4,7-9,16H2,1-2H3. The van der Waals surface area contributed by atoms with Gasteiger partial charge in [0.25, 0.3) is 0 Å². The molecule has 0 saturated carbocycles. The number of methoxy groups -OCH3 is 1. The van der Waals surface area contributed by atoms with Gasteiger partial charge in [-0.3, -0.25) is 0 Å². The zero-order valence-corrected chi connectivity index (χ0v) is 12.7. The lowest BCUT2D eigenvalue weighted by Crippen LogP contribution is -2.42. The van der Waals surface area contributed by atoms with Gasteiger partial charge in [0, 0.05) is 36.3 Å². The van der Waals surface area contributed by atoms with Gasteiger partial charge in [-0.2, -0.15) is 0 Å². The highest BCUT2D eigenvalue weighted by Gasteiger charge is 2.20. The van der Waals surface area contributed by atoms with Crippen LogP contribution in [-0.2, 0) is 11.3 Å². The van der Waals surface area contributed by atoms with Crippen LogP contribution in [0.1, 0.15) is 5.56 Å². The highest BCUT2D eigenvalue weighted by molar-refractivity contribution is 6.30. The second-order valence-electron chi connectivity index (χ2n) is 4.87. The van der Waals surface area contributed by atoms with Crippen LogP contribution in [0.15, 0.2) is 12.1 Å². The number of benzene rings is 1. The quantitative estimate of drug-likeness (QED) is 0.893. The molecule has 1 unspecified atom stereocenters. The van der Waals surface area contributed by atoms with Gasteiger partial charge in [-0.1, -0.05) is 11.6 Å². The van der Waals surface area contributed by atoms with Crippen LogP contribution in [0.5, 0.6) is 11.5 Å². The summed E-state index contributed by atoms with van der Waals surface area (Å²) < 4.78 is 16.9. The van der Waals surface area contributed by atoms with Gasteiger partial charge in [-0.05, 0) is 13.1 Å². The molecule has 1 atom stereocenters. The van der Waals surface area contributed by atoms with Crippen LogP contribution >= 0.6 is 11.6 Å². The molecule has 1 aliphatic heterocycles. The van der Waals surface area contributed by atoms with Gasteiger partial charge in [0.2, 0.25) is 0 Å². The van der Waals surface area contributed by atoms with Gasteiger partial charge in [0.05, 0.1) is 13.7 Å². The number of halogens is 1. The molecule has 0 amide bonds. The van der Waals surface area contributed by atoms with Crippen LogP contribution in [0.2, 0.25) is 5.02 Å². The first-order valence-corrected chi connectivity index (χ1v) is 7.01. The molecule has 1 aliphatic rings. The Hall–Kier alpha value is -1.01. The Balaban J connectivity index is 2.07. The maximum absolute atomic E-state index is 6.03. The van der Waals surface area contributed by atoms with Gasteiger partial charge in [-0.15, -0.1) is 0 Å². The Morgan fingerprint density at radius 2 is 2.30 bits per heavy atom. The average molecular weight is 301 g/mol. The second-order valence-corrected chi connectivity index (χ2v) is 5.30. The Morgan fingerprint density at radius 1 is 1.50 bits per heavy atom. The maximum atomic E-state index is 6.03. The molecule has 2 rings (SSSR count). The molecule has 1 fully saturated rings. The average Bonchev–Trinajstić information content (AvgIpc) is 2.45.